The lowest BCUT2D eigenvalue weighted by Crippen LogP contribution is -2.01. The molecule has 18 heavy (non-hydrogen) atoms. The average Bonchev–Trinajstić information content (AvgIpc) is 2.27. The van der Waals surface area contributed by atoms with Crippen molar-refractivity contribution < 1.29 is 4.74 Å². The zero-order valence-electron chi connectivity index (χ0n) is 9.16. The van der Waals surface area contributed by atoms with Gasteiger partial charge in [0.25, 0.3) is 0 Å². The summed E-state index contributed by atoms with van der Waals surface area (Å²) in [5.41, 5.74) is 6.40. The van der Waals surface area contributed by atoms with Crippen molar-refractivity contribution in [3.8, 4) is 5.75 Å². The Kier molecular flexibility index (Phi) is 4.64. The molecule has 6 heteroatoms. The fraction of sp³-hybridized carbons (Fsp3) is 0.0833. The van der Waals surface area contributed by atoms with Crippen LogP contribution in [0.3, 0.4) is 0 Å². The van der Waals surface area contributed by atoms with E-state index in [0.29, 0.717) is 12.4 Å². The summed E-state index contributed by atoms with van der Waals surface area (Å²) in [6.07, 6.45) is 0. The van der Waals surface area contributed by atoms with E-state index in [2.05, 4.69) is 52.8 Å². The topological polar surface area (TPSA) is 48.1 Å². The van der Waals surface area contributed by atoms with Crippen LogP contribution in [0, 0.1) is 0 Å². The Morgan fingerprint density at radius 3 is 2.39 bits per heavy atom. The lowest BCUT2D eigenvalue weighted by atomic mass is 10.3. The molecule has 0 spiro atoms. The molecule has 2 rings (SSSR count). The van der Waals surface area contributed by atoms with Gasteiger partial charge >= 0.3 is 0 Å². The van der Waals surface area contributed by atoms with Gasteiger partial charge in [-0.15, -0.1) is 0 Å². The largest absolute Gasteiger partial charge is 0.485 e. The van der Waals surface area contributed by atoms with Crippen LogP contribution >= 0.6 is 47.8 Å². The molecular formula is C12H9Br3N2O. The first kappa shape index (κ1) is 13.8. The van der Waals surface area contributed by atoms with Crippen molar-refractivity contribution in [2.24, 2.45) is 0 Å². The van der Waals surface area contributed by atoms with Gasteiger partial charge in [-0.3, -0.25) is 0 Å². The summed E-state index contributed by atoms with van der Waals surface area (Å²) in [7, 11) is 0. The van der Waals surface area contributed by atoms with Crippen molar-refractivity contribution in [2.75, 3.05) is 5.73 Å². The number of aromatic nitrogens is 1. The highest BCUT2D eigenvalue weighted by Crippen LogP contribution is 2.36. The number of anilines is 1. The molecule has 2 aromatic rings. The maximum Gasteiger partial charge on any atom is 0.148 e. The second kappa shape index (κ2) is 6.04. The third-order valence-corrected chi connectivity index (χ3v) is 3.79. The van der Waals surface area contributed by atoms with Gasteiger partial charge in [-0.05, 0) is 56.1 Å². The molecule has 0 unspecified atom stereocenters. The van der Waals surface area contributed by atoms with Gasteiger partial charge in [0.2, 0.25) is 0 Å². The molecule has 0 aliphatic rings. The van der Waals surface area contributed by atoms with Gasteiger partial charge in [-0.1, -0.05) is 22.0 Å². The molecule has 0 bridgehead atoms. The summed E-state index contributed by atoms with van der Waals surface area (Å²) in [6, 6.07) is 9.32. The first-order valence-corrected chi connectivity index (χ1v) is 7.43. The predicted molar refractivity (Wildman–Crippen MR) is 82.5 cm³/mol. The van der Waals surface area contributed by atoms with E-state index in [1.54, 1.807) is 6.07 Å². The summed E-state index contributed by atoms with van der Waals surface area (Å²) in [5.74, 6) is 1.23. The Bertz CT molecular complexity index is 552. The number of nitrogens with zero attached hydrogens (tertiary/aromatic N) is 1. The summed E-state index contributed by atoms with van der Waals surface area (Å²) in [6.45, 7) is 0.365. The molecule has 0 atom stereocenters. The van der Waals surface area contributed by atoms with Gasteiger partial charge in [-0.25, -0.2) is 4.98 Å². The van der Waals surface area contributed by atoms with Gasteiger partial charge in [0.15, 0.2) is 0 Å². The van der Waals surface area contributed by atoms with Gasteiger partial charge in [-0.2, -0.15) is 0 Å². The number of hydrogen-bond donors (Lipinski definition) is 1. The van der Waals surface area contributed by atoms with Crippen LogP contribution < -0.4 is 10.5 Å². The minimum absolute atomic E-state index is 0.365. The number of halogens is 3. The van der Waals surface area contributed by atoms with E-state index < -0.39 is 0 Å². The molecule has 3 nitrogen and oxygen atoms in total. The van der Waals surface area contributed by atoms with Crippen LogP contribution in [0.25, 0.3) is 0 Å². The zero-order chi connectivity index (χ0) is 13.1. The quantitative estimate of drug-likeness (QED) is 0.769. The number of rotatable bonds is 3. The highest BCUT2D eigenvalue weighted by molar-refractivity contribution is 9.11. The Labute approximate surface area is 130 Å². The molecule has 0 aliphatic heterocycles. The lowest BCUT2D eigenvalue weighted by molar-refractivity contribution is 0.297. The molecule has 1 heterocycles. The van der Waals surface area contributed by atoms with Crippen LogP contribution in [0.5, 0.6) is 5.75 Å². The van der Waals surface area contributed by atoms with E-state index in [4.69, 9.17) is 10.5 Å². The van der Waals surface area contributed by atoms with Crippen LogP contribution in [-0.4, -0.2) is 4.98 Å². The second-order valence-corrected chi connectivity index (χ2v) is 6.17. The van der Waals surface area contributed by atoms with E-state index in [-0.39, 0.29) is 0 Å². The number of hydrogen-bond acceptors (Lipinski definition) is 3. The molecule has 0 aliphatic carbocycles. The highest BCUT2D eigenvalue weighted by Gasteiger charge is 2.08. The Balaban J connectivity index is 2.16. The number of benzene rings is 1. The summed E-state index contributed by atoms with van der Waals surface area (Å²) in [4.78, 5) is 4.18. The molecule has 1 aromatic carbocycles. The van der Waals surface area contributed by atoms with Crippen molar-refractivity contribution in [1.82, 2.24) is 4.98 Å². The summed E-state index contributed by atoms with van der Waals surface area (Å²) in [5, 5.41) is 0. The van der Waals surface area contributed by atoms with E-state index in [1.807, 2.05) is 24.3 Å². The maximum absolute atomic E-state index is 5.73. The molecule has 2 N–H and O–H groups in total. The Hall–Kier alpha value is -0.590. The minimum atomic E-state index is 0.365. The number of ether oxygens (including phenoxy) is 1. The summed E-state index contributed by atoms with van der Waals surface area (Å²) < 4.78 is 8.44. The van der Waals surface area contributed by atoms with E-state index in [9.17, 15) is 0 Å². The molecular weight excluding hydrogens is 428 g/mol. The molecule has 0 radical (unpaired) electrons. The Morgan fingerprint density at radius 2 is 1.78 bits per heavy atom. The van der Waals surface area contributed by atoms with Gasteiger partial charge in [0.1, 0.15) is 18.2 Å². The lowest BCUT2D eigenvalue weighted by Gasteiger charge is -2.10. The Morgan fingerprint density at radius 1 is 1.11 bits per heavy atom. The first-order chi connectivity index (χ1) is 8.56. The van der Waals surface area contributed by atoms with Gasteiger partial charge in [0, 0.05) is 4.47 Å². The SMILES string of the molecule is Nc1cccc(COc2c(Br)cc(Br)cc2Br)n1. The normalized spacial score (nSPS) is 10.4. The molecule has 0 amide bonds. The van der Waals surface area contributed by atoms with Crippen molar-refractivity contribution in [3.05, 3.63) is 49.4 Å². The van der Waals surface area contributed by atoms with Crippen LogP contribution in [0.4, 0.5) is 5.82 Å². The fourth-order valence-electron chi connectivity index (χ4n) is 1.39. The number of nitrogens with two attached hydrogens (primary N) is 1. The molecule has 0 saturated heterocycles. The van der Waals surface area contributed by atoms with E-state index >= 15 is 0 Å². The number of pyridine rings is 1. The molecule has 0 saturated carbocycles. The van der Waals surface area contributed by atoms with Crippen molar-refractivity contribution >= 4 is 53.6 Å². The van der Waals surface area contributed by atoms with Crippen molar-refractivity contribution in [2.45, 2.75) is 6.61 Å². The average molecular weight is 437 g/mol. The molecule has 0 fully saturated rings. The standard InChI is InChI=1S/C12H9Br3N2O/c13-7-4-9(14)12(10(15)5-7)18-6-8-2-1-3-11(16)17-8/h1-5H,6H2,(H2,16,17). The first-order valence-electron chi connectivity index (χ1n) is 5.05. The van der Waals surface area contributed by atoms with Crippen LogP contribution in [0.2, 0.25) is 0 Å². The smallest absolute Gasteiger partial charge is 0.148 e. The number of nitrogen functional groups attached to an aromatic ring is 1. The van der Waals surface area contributed by atoms with Crippen LogP contribution in [0.1, 0.15) is 5.69 Å². The minimum Gasteiger partial charge on any atom is -0.485 e. The second-order valence-electron chi connectivity index (χ2n) is 3.54. The highest BCUT2D eigenvalue weighted by atomic mass is 79.9. The van der Waals surface area contributed by atoms with Gasteiger partial charge in [0.05, 0.1) is 14.6 Å². The molecule has 1 aromatic heterocycles. The maximum atomic E-state index is 5.73. The third kappa shape index (κ3) is 3.46. The molecule has 94 valence electrons. The summed E-state index contributed by atoms with van der Waals surface area (Å²) >= 11 is 10.3. The van der Waals surface area contributed by atoms with Gasteiger partial charge < -0.3 is 10.5 Å². The van der Waals surface area contributed by atoms with E-state index in [0.717, 1.165) is 24.9 Å². The van der Waals surface area contributed by atoms with E-state index in [1.165, 1.54) is 0 Å². The fourth-order valence-corrected chi connectivity index (χ4v) is 3.88. The third-order valence-electron chi connectivity index (χ3n) is 2.16. The van der Waals surface area contributed by atoms with Crippen LogP contribution in [-0.2, 0) is 6.61 Å². The zero-order valence-corrected chi connectivity index (χ0v) is 13.9. The van der Waals surface area contributed by atoms with Crippen molar-refractivity contribution in [3.63, 3.8) is 0 Å². The van der Waals surface area contributed by atoms with Crippen molar-refractivity contribution in [1.29, 1.82) is 0 Å². The van der Waals surface area contributed by atoms with Crippen LogP contribution in [0.15, 0.2) is 43.7 Å². The predicted octanol–water partition coefficient (Wildman–Crippen LogP) is 4.53. The monoisotopic (exact) mass is 434 g/mol.